The van der Waals surface area contributed by atoms with Gasteiger partial charge in [0.05, 0.1) is 0 Å². The lowest BCUT2D eigenvalue weighted by molar-refractivity contribution is 0.293. The monoisotopic (exact) mass is 455 g/mol. The van der Waals surface area contributed by atoms with Gasteiger partial charge < -0.3 is 4.74 Å². The van der Waals surface area contributed by atoms with Crippen molar-refractivity contribution in [1.82, 2.24) is 14.8 Å². The average molecular weight is 456 g/mol. The fourth-order valence-electron chi connectivity index (χ4n) is 2.89. The third-order valence-electron chi connectivity index (χ3n) is 4.48. The molecular formula is C23H19Cl2N3OS. The van der Waals surface area contributed by atoms with E-state index in [0.717, 1.165) is 28.0 Å². The Bertz CT molecular complexity index is 1130. The topological polar surface area (TPSA) is 39.9 Å². The number of hydrogen-bond acceptors (Lipinski definition) is 4. The molecule has 0 aliphatic rings. The van der Waals surface area contributed by atoms with Gasteiger partial charge in [0, 0.05) is 21.5 Å². The van der Waals surface area contributed by atoms with E-state index >= 15 is 0 Å². The molecule has 0 unspecified atom stereocenters. The summed E-state index contributed by atoms with van der Waals surface area (Å²) in [4.78, 5) is 0. The summed E-state index contributed by atoms with van der Waals surface area (Å²) in [6.45, 7) is 2.36. The number of thioether (sulfide) groups is 1. The molecule has 0 amide bonds. The minimum atomic E-state index is 0.313. The van der Waals surface area contributed by atoms with Crippen molar-refractivity contribution in [3.05, 3.63) is 99.8 Å². The van der Waals surface area contributed by atoms with Gasteiger partial charge in [0.2, 0.25) is 0 Å². The van der Waals surface area contributed by atoms with Crippen LogP contribution < -0.4 is 4.74 Å². The van der Waals surface area contributed by atoms with Crippen LogP contribution in [0.5, 0.6) is 5.75 Å². The molecule has 0 radical (unpaired) electrons. The second kappa shape index (κ2) is 9.56. The largest absolute Gasteiger partial charge is 0.486 e. The third-order valence-corrected chi connectivity index (χ3v) is 6.04. The van der Waals surface area contributed by atoms with Gasteiger partial charge in [0.1, 0.15) is 12.4 Å². The summed E-state index contributed by atoms with van der Waals surface area (Å²) in [7, 11) is 0. The number of hydrogen-bond donors (Lipinski definition) is 0. The van der Waals surface area contributed by atoms with Crippen molar-refractivity contribution < 1.29 is 4.74 Å². The zero-order valence-electron chi connectivity index (χ0n) is 16.3. The van der Waals surface area contributed by atoms with Crippen LogP contribution in [-0.2, 0) is 12.4 Å². The maximum Gasteiger partial charge on any atom is 0.196 e. The summed E-state index contributed by atoms with van der Waals surface area (Å²) in [6.07, 6.45) is 0. The lowest BCUT2D eigenvalue weighted by Gasteiger charge is -2.11. The summed E-state index contributed by atoms with van der Waals surface area (Å²) in [5.74, 6) is 2.18. The fraction of sp³-hybridized carbons (Fsp3) is 0.130. The smallest absolute Gasteiger partial charge is 0.196 e. The predicted molar refractivity (Wildman–Crippen MR) is 123 cm³/mol. The number of para-hydroxylation sites is 1. The number of rotatable bonds is 7. The maximum atomic E-state index is 6.33. The Labute approximate surface area is 189 Å². The van der Waals surface area contributed by atoms with Crippen LogP contribution in [0.2, 0.25) is 10.0 Å². The highest BCUT2D eigenvalue weighted by molar-refractivity contribution is 7.98. The van der Waals surface area contributed by atoms with Gasteiger partial charge in [-0.1, -0.05) is 76.9 Å². The van der Waals surface area contributed by atoms with Crippen LogP contribution in [-0.4, -0.2) is 14.8 Å². The molecule has 0 fully saturated rings. The Balaban J connectivity index is 1.58. The molecule has 0 aliphatic heterocycles. The first kappa shape index (κ1) is 20.8. The van der Waals surface area contributed by atoms with Crippen LogP contribution in [0, 0.1) is 6.92 Å². The van der Waals surface area contributed by atoms with Crippen molar-refractivity contribution in [2.24, 2.45) is 0 Å². The average Bonchev–Trinajstić information content (AvgIpc) is 3.16. The second-order valence-electron chi connectivity index (χ2n) is 6.70. The van der Waals surface area contributed by atoms with Crippen molar-refractivity contribution in [3.63, 3.8) is 0 Å². The number of ether oxygens (including phenoxy) is 1. The summed E-state index contributed by atoms with van der Waals surface area (Å²) >= 11 is 13.9. The first-order valence-corrected chi connectivity index (χ1v) is 11.1. The molecule has 0 saturated carbocycles. The molecule has 1 heterocycles. The van der Waals surface area contributed by atoms with Crippen LogP contribution >= 0.6 is 35.0 Å². The zero-order valence-corrected chi connectivity index (χ0v) is 18.6. The minimum absolute atomic E-state index is 0.313. The van der Waals surface area contributed by atoms with Crippen molar-refractivity contribution in [3.8, 4) is 11.4 Å². The van der Waals surface area contributed by atoms with Gasteiger partial charge in [-0.15, -0.1) is 10.2 Å². The van der Waals surface area contributed by atoms with Gasteiger partial charge in [-0.3, -0.25) is 4.57 Å². The van der Waals surface area contributed by atoms with Crippen molar-refractivity contribution in [2.45, 2.75) is 24.4 Å². The lowest BCUT2D eigenvalue weighted by atomic mass is 10.2. The molecule has 7 heteroatoms. The van der Waals surface area contributed by atoms with E-state index in [1.54, 1.807) is 17.8 Å². The number of aryl methyl sites for hydroxylation is 1. The molecule has 0 atom stereocenters. The Morgan fingerprint density at radius 3 is 2.43 bits per heavy atom. The minimum Gasteiger partial charge on any atom is -0.486 e. The highest BCUT2D eigenvalue weighted by Gasteiger charge is 2.16. The zero-order chi connectivity index (χ0) is 20.9. The van der Waals surface area contributed by atoms with E-state index in [0.29, 0.717) is 22.4 Å². The standard InChI is InChI=1S/C23H19Cl2N3OS/c1-16-7-11-20(12-8-16)29-14-22-26-27-23(28(22)19-5-3-2-4-6-19)30-15-17-9-10-18(24)13-21(17)25/h2-13H,14-15H2,1H3. The second-order valence-corrected chi connectivity index (χ2v) is 8.48. The van der Waals surface area contributed by atoms with Crippen molar-refractivity contribution in [2.75, 3.05) is 0 Å². The quantitative estimate of drug-likeness (QED) is 0.288. The van der Waals surface area contributed by atoms with Crippen molar-refractivity contribution in [1.29, 1.82) is 0 Å². The summed E-state index contributed by atoms with van der Waals surface area (Å²) in [5, 5.41) is 10.8. The SMILES string of the molecule is Cc1ccc(OCc2nnc(SCc3ccc(Cl)cc3Cl)n2-c2ccccc2)cc1. The number of aromatic nitrogens is 3. The lowest BCUT2D eigenvalue weighted by Crippen LogP contribution is -2.06. The van der Waals surface area contributed by atoms with E-state index in [4.69, 9.17) is 27.9 Å². The molecule has 1 aromatic heterocycles. The molecular weight excluding hydrogens is 437 g/mol. The van der Waals surface area contributed by atoms with E-state index < -0.39 is 0 Å². The van der Waals surface area contributed by atoms with Gasteiger partial charge in [-0.2, -0.15) is 0 Å². The van der Waals surface area contributed by atoms with Crippen LogP contribution in [0.1, 0.15) is 17.0 Å². The highest BCUT2D eigenvalue weighted by Crippen LogP contribution is 2.30. The Kier molecular flexibility index (Phi) is 6.62. The predicted octanol–water partition coefficient (Wildman–Crippen LogP) is 6.75. The van der Waals surface area contributed by atoms with E-state index in [9.17, 15) is 0 Å². The Morgan fingerprint density at radius 1 is 0.933 bits per heavy atom. The molecule has 0 bridgehead atoms. The Morgan fingerprint density at radius 2 is 1.70 bits per heavy atom. The van der Waals surface area contributed by atoms with Crippen molar-refractivity contribution >= 4 is 35.0 Å². The molecule has 4 nitrogen and oxygen atoms in total. The van der Waals surface area contributed by atoms with E-state index in [-0.39, 0.29) is 0 Å². The van der Waals surface area contributed by atoms with Crippen LogP contribution in [0.3, 0.4) is 0 Å². The molecule has 0 spiro atoms. The normalized spacial score (nSPS) is 10.9. The van der Waals surface area contributed by atoms with E-state index in [1.807, 2.05) is 78.2 Å². The van der Waals surface area contributed by atoms with Gasteiger partial charge >= 0.3 is 0 Å². The molecule has 4 rings (SSSR count). The summed E-state index contributed by atoms with van der Waals surface area (Å²) < 4.78 is 7.97. The van der Waals surface area contributed by atoms with Gasteiger partial charge in [-0.05, 0) is 48.9 Å². The van der Waals surface area contributed by atoms with Crippen LogP contribution in [0.15, 0.2) is 78.0 Å². The number of benzene rings is 3. The molecule has 4 aromatic rings. The first-order valence-electron chi connectivity index (χ1n) is 9.36. The maximum absolute atomic E-state index is 6.33. The van der Waals surface area contributed by atoms with E-state index in [1.165, 1.54) is 5.56 Å². The fourth-order valence-corrected chi connectivity index (χ4v) is 4.42. The molecule has 0 aliphatic carbocycles. The van der Waals surface area contributed by atoms with Crippen LogP contribution in [0.4, 0.5) is 0 Å². The summed E-state index contributed by atoms with van der Waals surface area (Å²) in [5.41, 5.74) is 3.16. The van der Waals surface area contributed by atoms with Gasteiger partial charge in [0.15, 0.2) is 11.0 Å². The van der Waals surface area contributed by atoms with Crippen LogP contribution in [0.25, 0.3) is 5.69 Å². The molecule has 30 heavy (non-hydrogen) atoms. The number of halogens is 2. The van der Waals surface area contributed by atoms with Gasteiger partial charge in [-0.25, -0.2) is 0 Å². The first-order chi connectivity index (χ1) is 14.6. The summed E-state index contributed by atoms with van der Waals surface area (Å²) in [6, 6.07) is 23.5. The van der Waals surface area contributed by atoms with E-state index in [2.05, 4.69) is 10.2 Å². The molecule has 0 saturated heterocycles. The number of nitrogens with zero attached hydrogens (tertiary/aromatic N) is 3. The Hall–Kier alpha value is -2.47. The molecule has 3 aromatic carbocycles. The molecule has 152 valence electrons. The van der Waals surface area contributed by atoms with Gasteiger partial charge in [0.25, 0.3) is 0 Å². The highest BCUT2D eigenvalue weighted by atomic mass is 35.5. The molecule has 0 N–H and O–H groups in total. The third kappa shape index (κ3) is 4.98.